The molecule has 0 bridgehead atoms. The van der Waals surface area contributed by atoms with Gasteiger partial charge in [0.1, 0.15) is 5.78 Å². The van der Waals surface area contributed by atoms with Gasteiger partial charge in [-0.05, 0) is 52.2 Å². The van der Waals surface area contributed by atoms with Crippen LogP contribution in [-0.4, -0.2) is 30.5 Å². The summed E-state index contributed by atoms with van der Waals surface area (Å²) in [5, 5.41) is 0. The Bertz CT molecular complexity index is 682. The molecular formula is C19H28O4S. The van der Waals surface area contributed by atoms with Crippen molar-refractivity contribution in [1.82, 2.24) is 0 Å². The van der Waals surface area contributed by atoms with Gasteiger partial charge in [-0.2, -0.15) is 0 Å². The van der Waals surface area contributed by atoms with E-state index >= 15 is 0 Å². The highest BCUT2D eigenvalue weighted by Crippen LogP contribution is 2.18. The van der Waals surface area contributed by atoms with Crippen molar-refractivity contribution >= 4 is 21.4 Å². The first-order valence-corrected chi connectivity index (χ1v) is 10.0. The van der Waals surface area contributed by atoms with Gasteiger partial charge in [-0.25, -0.2) is 8.42 Å². The van der Waals surface area contributed by atoms with Gasteiger partial charge in [0.05, 0.1) is 10.5 Å². The molecule has 0 amide bonds. The van der Waals surface area contributed by atoms with E-state index in [1.54, 1.807) is 39.0 Å². The smallest absolute Gasteiger partial charge is 0.159 e. The predicted octanol–water partition coefficient (Wildman–Crippen LogP) is 3.77. The lowest BCUT2D eigenvalue weighted by Gasteiger charge is -2.18. The zero-order chi connectivity index (χ0) is 18.4. The van der Waals surface area contributed by atoms with Crippen LogP contribution in [0.4, 0.5) is 0 Å². The minimum absolute atomic E-state index is 0.00985. The number of unbranched alkanes of at least 4 members (excludes halogenated alkanes) is 2. The van der Waals surface area contributed by atoms with Gasteiger partial charge in [-0.3, -0.25) is 9.59 Å². The number of rotatable bonds is 9. The standard InChI is InChI=1S/C19H28O4S/c1-15(20)17-10-8-9-16(13-17)14-18(21)11-6-5-7-12-24(22,23)19(2,3)4/h8-10,13H,5-7,11-12,14H2,1-4H3. The molecule has 0 atom stereocenters. The fourth-order valence-corrected chi connectivity index (χ4v) is 3.51. The first-order valence-electron chi connectivity index (χ1n) is 8.37. The molecule has 0 spiro atoms. The van der Waals surface area contributed by atoms with E-state index in [0.29, 0.717) is 31.2 Å². The summed E-state index contributed by atoms with van der Waals surface area (Å²) >= 11 is 0. The van der Waals surface area contributed by atoms with Crippen LogP contribution in [0.25, 0.3) is 0 Å². The number of carbonyl (C=O) groups is 2. The van der Waals surface area contributed by atoms with Gasteiger partial charge < -0.3 is 0 Å². The molecule has 24 heavy (non-hydrogen) atoms. The molecule has 0 unspecified atom stereocenters. The Morgan fingerprint density at radius 2 is 1.71 bits per heavy atom. The second kappa shape index (κ2) is 8.56. The molecule has 0 radical (unpaired) electrons. The summed E-state index contributed by atoms with van der Waals surface area (Å²) in [7, 11) is -3.08. The molecule has 0 aromatic heterocycles. The minimum atomic E-state index is -3.08. The van der Waals surface area contributed by atoms with Crippen molar-refractivity contribution in [3.63, 3.8) is 0 Å². The summed E-state index contributed by atoms with van der Waals surface area (Å²) in [6.07, 6.45) is 2.79. The van der Waals surface area contributed by atoms with Crippen LogP contribution in [0.5, 0.6) is 0 Å². The van der Waals surface area contributed by atoms with Gasteiger partial charge in [0, 0.05) is 18.4 Å². The Labute approximate surface area is 145 Å². The molecule has 1 rings (SSSR count). The van der Waals surface area contributed by atoms with Crippen molar-refractivity contribution in [2.24, 2.45) is 0 Å². The third kappa shape index (κ3) is 6.56. The van der Waals surface area contributed by atoms with E-state index in [-0.39, 0.29) is 17.3 Å². The Morgan fingerprint density at radius 1 is 1.04 bits per heavy atom. The monoisotopic (exact) mass is 352 g/mol. The first-order chi connectivity index (χ1) is 11.0. The van der Waals surface area contributed by atoms with Crippen LogP contribution in [0.3, 0.4) is 0 Å². The van der Waals surface area contributed by atoms with Crippen molar-refractivity contribution in [1.29, 1.82) is 0 Å². The predicted molar refractivity (Wildman–Crippen MR) is 97.2 cm³/mol. The van der Waals surface area contributed by atoms with Crippen LogP contribution in [0, 0.1) is 0 Å². The number of sulfone groups is 1. The molecule has 0 fully saturated rings. The minimum Gasteiger partial charge on any atom is -0.299 e. The number of ketones is 2. The lowest BCUT2D eigenvalue weighted by Crippen LogP contribution is -2.30. The van der Waals surface area contributed by atoms with E-state index in [1.165, 1.54) is 6.92 Å². The van der Waals surface area contributed by atoms with Gasteiger partial charge >= 0.3 is 0 Å². The summed E-state index contributed by atoms with van der Waals surface area (Å²) in [6.45, 7) is 6.63. The lowest BCUT2D eigenvalue weighted by molar-refractivity contribution is -0.118. The number of carbonyl (C=O) groups excluding carboxylic acids is 2. The summed E-state index contributed by atoms with van der Waals surface area (Å²) in [5.74, 6) is 0.282. The number of benzene rings is 1. The van der Waals surface area contributed by atoms with Crippen LogP contribution in [0.15, 0.2) is 24.3 Å². The van der Waals surface area contributed by atoms with Crippen LogP contribution in [-0.2, 0) is 21.1 Å². The largest absolute Gasteiger partial charge is 0.299 e. The van der Waals surface area contributed by atoms with Gasteiger partial charge in [0.15, 0.2) is 15.6 Å². The quantitative estimate of drug-likeness (QED) is 0.501. The molecule has 0 aliphatic heterocycles. The molecule has 0 aliphatic rings. The topological polar surface area (TPSA) is 68.3 Å². The van der Waals surface area contributed by atoms with Crippen LogP contribution in [0.2, 0.25) is 0 Å². The van der Waals surface area contributed by atoms with E-state index < -0.39 is 14.6 Å². The molecule has 1 aromatic rings. The van der Waals surface area contributed by atoms with Crippen molar-refractivity contribution in [3.05, 3.63) is 35.4 Å². The van der Waals surface area contributed by atoms with Gasteiger partial charge in [0.2, 0.25) is 0 Å². The van der Waals surface area contributed by atoms with Crippen LogP contribution in [0.1, 0.15) is 69.3 Å². The highest BCUT2D eigenvalue weighted by molar-refractivity contribution is 7.92. The Kier molecular flexibility index (Phi) is 7.33. The van der Waals surface area contributed by atoms with Gasteiger partial charge in [-0.15, -0.1) is 0 Å². The maximum atomic E-state index is 12.0. The third-order valence-electron chi connectivity index (χ3n) is 4.04. The van der Waals surface area contributed by atoms with E-state index in [1.807, 2.05) is 6.07 Å². The van der Waals surface area contributed by atoms with Crippen LogP contribution < -0.4 is 0 Å². The molecule has 0 N–H and O–H groups in total. The van der Waals surface area contributed by atoms with Crippen LogP contribution >= 0.6 is 0 Å². The number of hydrogen-bond acceptors (Lipinski definition) is 4. The fourth-order valence-electron chi connectivity index (χ4n) is 2.31. The van der Waals surface area contributed by atoms with Crippen molar-refractivity contribution in [2.45, 2.75) is 64.5 Å². The lowest BCUT2D eigenvalue weighted by atomic mass is 10.0. The van der Waals surface area contributed by atoms with Crippen molar-refractivity contribution < 1.29 is 18.0 Å². The molecule has 0 saturated carbocycles. The SMILES string of the molecule is CC(=O)c1cccc(CC(=O)CCCCCS(=O)(=O)C(C)(C)C)c1. The fraction of sp³-hybridized carbons (Fsp3) is 0.579. The third-order valence-corrected chi connectivity index (χ3v) is 6.73. The van der Waals surface area contributed by atoms with Crippen molar-refractivity contribution in [2.75, 3.05) is 5.75 Å². The molecule has 0 saturated heterocycles. The highest BCUT2D eigenvalue weighted by atomic mass is 32.2. The number of Topliss-reactive ketones (excluding diaryl/α,β-unsaturated/α-hetero) is 2. The summed E-state index contributed by atoms with van der Waals surface area (Å²) < 4.78 is 23.2. The first kappa shape index (κ1) is 20.6. The molecular weight excluding hydrogens is 324 g/mol. The van der Waals surface area contributed by atoms with E-state index in [0.717, 1.165) is 12.0 Å². The van der Waals surface area contributed by atoms with E-state index in [4.69, 9.17) is 0 Å². The second-order valence-corrected chi connectivity index (χ2v) is 10.1. The molecule has 0 heterocycles. The molecule has 4 nitrogen and oxygen atoms in total. The highest BCUT2D eigenvalue weighted by Gasteiger charge is 2.27. The Balaban J connectivity index is 2.35. The summed E-state index contributed by atoms with van der Waals surface area (Å²) in [5.41, 5.74) is 1.47. The maximum absolute atomic E-state index is 12.0. The summed E-state index contributed by atoms with van der Waals surface area (Å²) in [6, 6.07) is 7.14. The Morgan fingerprint density at radius 3 is 2.29 bits per heavy atom. The van der Waals surface area contributed by atoms with Gasteiger partial charge in [0.25, 0.3) is 0 Å². The molecule has 5 heteroatoms. The number of hydrogen-bond donors (Lipinski definition) is 0. The zero-order valence-electron chi connectivity index (χ0n) is 15.1. The second-order valence-electron chi connectivity index (χ2n) is 7.21. The average Bonchev–Trinajstić information content (AvgIpc) is 2.45. The molecule has 134 valence electrons. The summed E-state index contributed by atoms with van der Waals surface area (Å²) in [4.78, 5) is 23.4. The average molecular weight is 352 g/mol. The maximum Gasteiger partial charge on any atom is 0.159 e. The van der Waals surface area contributed by atoms with E-state index in [9.17, 15) is 18.0 Å². The molecule has 1 aromatic carbocycles. The molecule has 0 aliphatic carbocycles. The Hall–Kier alpha value is -1.49. The van der Waals surface area contributed by atoms with E-state index in [2.05, 4.69) is 0 Å². The van der Waals surface area contributed by atoms with Crippen molar-refractivity contribution in [3.8, 4) is 0 Å². The zero-order valence-corrected chi connectivity index (χ0v) is 15.9. The normalized spacial score (nSPS) is 12.2. The van der Waals surface area contributed by atoms with Gasteiger partial charge in [-0.1, -0.05) is 24.6 Å².